The van der Waals surface area contributed by atoms with Gasteiger partial charge in [0, 0.05) is 13.7 Å². The minimum absolute atomic E-state index is 0.0198. The Morgan fingerprint density at radius 3 is 2.50 bits per heavy atom. The van der Waals surface area contributed by atoms with Crippen LogP contribution in [-0.2, 0) is 4.74 Å². The molecule has 0 radical (unpaired) electrons. The van der Waals surface area contributed by atoms with Gasteiger partial charge in [-0.3, -0.25) is 0 Å². The lowest BCUT2D eigenvalue weighted by atomic mass is 9.72. The zero-order valence-corrected chi connectivity index (χ0v) is 9.22. The van der Waals surface area contributed by atoms with Crippen molar-refractivity contribution in [3.63, 3.8) is 0 Å². The lowest BCUT2D eigenvalue weighted by molar-refractivity contribution is 0.180. The van der Waals surface area contributed by atoms with Crippen molar-refractivity contribution in [2.24, 2.45) is 5.41 Å². The summed E-state index contributed by atoms with van der Waals surface area (Å²) in [4.78, 5) is 0. The van der Waals surface area contributed by atoms with E-state index in [9.17, 15) is 5.26 Å². The molecular weight excluding hydrogens is 174 g/mol. The number of nitriles is 1. The highest BCUT2D eigenvalue weighted by atomic mass is 16.5. The van der Waals surface area contributed by atoms with Crippen LogP contribution in [0.15, 0.2) is 0 Å². The van der Waals surface area contributed by atoms with E-state index >= 15 is 0 Å². The number of rotatable bonds is 5. The van der Waals surface area contributed by atoms with Crippen molar-refractivity contribution in [1.29, 1.82) is 5.26 Å². The van der Waals surface area contributed by atoms with Gasteiger partial charge >= 0.3 is 0 Å². The molecule has 2 nitrogen and oxygen atoms in total. The predicted molar refractivity (Wildman–Crippen MR) is 56.9 cm³/mol. The number of nitrogens with zero attached hydrogens (tertiary/aromatic N) is 1. The fraction of sp³-hybridized carbons (Fsp3) is 0.917. The first kappa shape index (κ1) is 11.5. The number of methoxy groups -OCH3 is 1. The van der Waals surface area contributed by atoms with Crippen LogP contribution in [0.4, 0.5) is 0 Å². The second-order valence-electron chi connectivity index (χ2n) is 4.40. The maximum atomic E-state index is 9.22. The number of unbranched alkanes of at least 4 members (excludes halogenated alkanes) is 1. The summed E-state index contributed by atoms with van der Waals surface area (Å²) < 4.78 is 5.01. The summed E-state index contributed by atoms with van der Waals surface area (Å²) in [6.07, 6.45) is 9.37. The highest BCUT2D eigenvalue weighted by Gasteiger charge is 2.30. The molecule has 14 heavy (non-hydrogen) atoms. The Hall–Kier alpha value is -0.550. The fourth-order valence-corrected chi connectivity index (χ4v) is 2.36. The maximum absolute atomic E-state index is 9.22. The van der Waals surface area contributed by atoms with Gasteiger partial charge in [-0.05, 0) is 32.1 Å². The van der Waals surface area contributed by atoms with Gasteiger partial charge in [-0.1, -0.05) is 19.3 Å². The Morgan fingerprint density at radius 2 is 1.93 bits per heavy atom. The average molecular weight is 195 g/mol. The molecule has 0 aliphatic heterocycles. The molecule has 0 bridgehead atoms. The molecule has 2 heteroatoms. The lowest BCUT2D eigenvalue weighted by Gasteiger charge is -2.30. The summed E-state index contributed by atoms with van der Waals surface area (Å²) in [7, 11) is 1.74. The molecule has 0 spiro atoms. The third-order valence-corrected chi connectivity index (χ3v) is 3.30. The molecule has 1 fully saturated rings. The molecule has 1 saturated carbocycles. The van der Waals surface area contributed by atoms with Crippen molar-refractivity contribution in [1.82, 2.24) is 0 Å². The van der Waals surface area contributed by atoms with Gasteiger partial charge in [0.1, 0.15) is 0 Å². The van der Waals surface area contributed by atoms with E-state index in [-0.39, 0.29) is 5.41 Å². The zero-order chi connectivity index (χ0) is 10.3. The molecular formula is C12H21NO. The van der Waals surface area contributed by atoms with Crippen LogP contribution in [0.1, 0.15) is 51.4 Å². The molecule has 0 amide bonds. The third kappa shape index (κ3) is 3.31. The molecule has 0 aromatic rings. The van der Waals surface area contributed by atoms with E-state index in [2.05, 4.69) is 6.07 Å². The zero-order valence-electron chi connectivity index (χ0n) is 9.22. The summed E-state index contributed by atoms with van der Waals surface area (Å²) in [5.41, 5.74) is 0.0198. The second kappa shape index (κ2) is 6.03. The summed E-state index contributed by atoms with van der Waals surface area (Å²) in [5.74, 6) is 0. The summed E-state index contributed by atoms with van der Waals surface area (Å²) in [6.45, 7) is 0.835. The molecule has 0 N–H and O–H groups in total. The molecule has 0 heterocycles. The van der Waals surface area contributed by atoms with Crippen molar-refractivity contribution in [3.8, 4) is 6.07 Å². The third-order valence-electron chi connectivity index (χ3n) is 3.30. The Labute approximate surface area is 87.3 Å². The smallest absolute Gasteiger partial charge is 0.0689 e. The Morgan fingerprint density at radius 1 is 1.21 bits per heavy atom. The van der Waals surface area contributed by atoms with E-state index in [0.29, 0.717) is 0 Å². The van der Waals surface area contributed by atoms with Crippen LogP contribution >= 0.6 is 0 Å². The van der Waals surface area contributed by atoms with E-state index in [0.717, 1.165) is 38.7 Å². The van der Waals surface area contributed by atoms with Gasteiger partial charge in [0.2, 0.25) is 0 Å². The van der Waals surface area contributed by atoms with Crippen LogP contribution in [0.2, 0.25) is 0 Å². The molecule has 0 aromatic heterocycles. The predicted octanol–water partition coefficient (Wildman–Crippen LogP) is 3.28. The van der Waals surface area contributed by atoms with Crippen LogP contribution in [-0.4, -0.2) is 13.7 Å². The minimum Gasteiger partial charge on any atom is -0.385 e. The second-order valence-corrected chi connectivity index (χ2v) is 4.40. The molecule has 0 atom stereocenters. The van der Waals surface area contributed by atoms with Gasteiger partial charge in [0.15, 0.2) is 0 Å². The van der Waals surface area contributed by atoms with Crippen molar-refractivity contribution < 1.29 is 4.74 Å². The monoisotopic (exact) mass is 195 g/mol. The maximum Gasteiger partial charge on any atom is 0.0689 e. The normalized spacial score (nSPS) is 20.3. The Kier molecular flexibility index (Phi) is 4.97. The molecule has 0 saturated heterocycles. The largest absolute Gasteiger partial charge is 0.385 e. The van der Waals surface area contributed by atoms with Gasteiger partial charge in [0.25, 0.3) is 0 Å². The van der Waals surface area contributed by atoms with Crippen LogP contribution in [0.25, 0.3) is 0 Å². The SMILES string of the molecule is COCCCCC1(C#N)CCCCC1. The lowest BCUT2D eigenvalue weighted by Crippen LogP contribution is -2.22. The topological polar surface area (TPSA) is 33.0 Å². The van der Waals surface area contributed by atoms with E-state index in [1.165, 1.54) is 19.3 Å². The molecule has 1 aliphatic carbocycles. The van der Waals surface area contributed by atoms with Crippen LogP contribution in [0.5, 0.6) is 0 Å². The van der Waals surface area contributed by atoms with Gasteiger partial charge in [0.05, 0.1) is 11.5 Å². The molecule has 0 aromatic carbocycles. The molecule has 1 aliphatic rings. The van der Waals surface area contributed by atoms with Crippen LogP contribution < -0.4 is 0 Å². The number of hydrogen-bond donors (Lipinski definition) is 0. The molecule has 1 rings (SSSR count). The van der Waals surface area contributed by atoms with Gasteiger partial charge in [-0.2, -0.15) is 5.26 Å². The fourth-order valence-electron chi connectivity index (χ4n) is 2.36. The highest BCUT2D eigenvalue weighted by Crippen LogP contribution is 2.39. The minimum atomic E-state index is 0.0198. The first-order valence-electron chi connectivity index (χ1n) is 5.73. The standard InChI is InChI=1S/C12H21NO/c1-14-10-6-5-9-12(11-13)7-3-2-4-8-12/h2-10H2,1H3. The van der Waals surface area contributed by atoms with Crippen molar-refractivity contribution in [2.75, 3.05) is 13.7 Å². The van der Waals surface area contributed by atoms with Crippen molar-refractivity contribution in [3.05, 3.63) is 0 Å². The van der Waals surface area contributed by atoms with Crippen molar-refractivity contribution >= 4 is 0 Å². The van der Waals surface area contributed by atoms with Gasteiger partial charge in [-0.25, -0.2) is 0 Å². The van der Waals surface area contributed by atoms with Gasteiger partial charge in [-0.15, -0.1) is 0 Å². The summed E-state index contributed by atoms with van der Waals surface area (Å²) in [5, 5.41) is 9.22. The van der Waals surface area contributed by atoms with Gasteiger partial charge < -0.3 is 4.74 Å². The first-order valence-corrected chi connectivity index (χ1v) is 5.73. The quantitative estimate of drug-likeness (QED) is 0.631. The van der Waals surface area contributed by atoms with E-state index in [4.69, 9.17) is 4.74 Å². The number of ether oxygens (including phenoxy) is 1. The number of hydrogen-bond acceptors (Lipinski definition) is 2. The van der Waals surface area contributed by atoms with E-state index in [1.54, 1.807) is 7.11 Å². The highest BCUT2D eigenvalue weighted by molar-refractivity contribution is 5.00. The van der Waals surface area contributed by atoms with Crippen LogP contribution in [0, 0.1) is 16.7 Å². The van der Waals surface area contributed by atoms with E-state index < -0.39 is 0 Å². The average Bonchev–Trinajstić information content (AvgIpc) is 2.26. The first-order chi connectivity index (χ1) is 6.83. The molecule has 0 unspecified atom stereocenters. The summed E-state index contributed by atoms with van der Waals surface area (Å²) in [6, 6.07) is 2.55. The molecule has 80 valence electrons. The van der Waals surface area contributed by atoms with E-state index in [1.807, 2.05) is 0 Å². The Bertz CT molecular complexity index is 189. The Balaban J connectivity index is 2.26. The van der Waals surface area contributed by atoms with Crippen molar-refractivity contribution in [2.45, 2.75) is 51.4 Å². The summed E-state index contributed by atoms with van der Waals surface area (Å²) >= 11 is 0. The van der Waals surface area contributed by atoms with Crippen LogP contribution in [0.3, 0.4) is 0 Å².